The molecule has 0 spiro atoms. The average molecular weight is 274 g/mol. The summed E-state index contributed by atoms with van der Waals surface area (Å²) in [6.45, 7) is 0.658. The number of nitrogens with one attached hydrogen (secondary N) is 1. The van der Waals surface area contributed by atoms with Crippen molar-refractivity contribution in [3.63, 3.8) is 0 Å². The number of hydrogen-bond acceptors (Lipinski definition) is 3. The molecule has 1 aliphatic rings. The van der Waals surface area contributed by atoms with Gasteiger partial charge in [0.1, 0.15) is 0 Å². The van der Waals surface area contributed by atoms with Gasteiger partial charge in [-0.1, -0.05) is 36.4 Å². The van der Waals surface area contributed by atoms with Gasteiger partial charge in [-0.2, -0.15) is 0 Å². The van der Waals surface area contributed by atoms with Crippen molar-refractivity contribution in [1.29, 1.82) is 0 Å². The second-order valence-electron chi connectivity index (χ2n) is 4.44. The van der Waals surface area contributed by atoms with Gasteiger partial charge < -0.3 is 0 Å². The van der Waals surface area contributed by atoms with Crippen molar-refractivity contribution in [2.24, 2.45) is 0 Å². The molecule has 3 rings (SSSR count). The number of para-hydroxylation sites is 1. The van der Waals surface area contributed by atoms with Crippen molar-refractivity contribution in [3.8, 4) is 0 Å². The number of hydrogen-bond donors (Lipinski definition) is 1. The highest BCUT2D eigenvalue weighted by Gasteiger charge is 2.23. The highest BCUT2D eigenvalue weighted by atomic mass is 32.2. The largest absolute Gasteiger partial charge is 0.294 e. The van der Waals surface area contributed by atoms with Crippen LogP contribution in [0.15, 0.2) is 59.5 Å². The summed E-state index contributed by atoms with van der Waals surface area (Å²) in [6, 6.07) is 16.2. The number of hydrazine groups is 1. The molecule has 0 saturated heterocycles. The predicted octanol–water partition coefficient (Wildman–Crippen LogP) is 1.94. The van der Waals surface area contributed by atoms with Crippen molar-refractivity contribution < 1.29 is 8.42 Å². The van der Waals surface area contributed by atoms with E-state index in [-0.39, 0.29) is 4.90 Å². The van der Waals surface area contributed by atoms with Crippen LogP contribution in [0.3, 0.4) is 0 Å². The van der Waals surface area contributed by atoms with Crippen LogP contribution in [0.4, 0.5) is 5.69 Å². The van der Waals surface area contributed by atoms with E-state index < -0.39 is 10.0 Å². The lowest BCUT2D eigenvalue weighted by Gasteiger charge is -2.20. The third-order valence-electron chi connectivity index (χ3n) is 3.17. The minimum absolute atomic E-state index is 0.277. The summed E-state index contributed by atoms with van der Waals surface area (Å²) in [5, 5.41) is 1.69. The number of rotatable bonds is 3. The van der Waals surface area contributed by atoms with Crippen LogP contribution in [0.2, 0.25) is 0 Å². The Kier molecular flexibility index (Phi) is 3.00. The summed E-state index contributed by atoms with van der Waals surface area (Å²) in [7, 11) is -3.51. The monoisotopic (exact) mass is 274 g/mol. The SMILES string of the molecule is O=S(=O)(NN1CCc2ccccc21)c1ccccc1. The first-order valence-corrected chi connectivity index (χ1v) is 7.58. The van der Waals surface area contributed by atoms with Crippen molar-refractivity contribution >= 4 is 15.7 Å². The minimum Gasteiger partial charge on any atom is -0.294 e. The van der Waals surface area contributed by atoms with Crippen molar-refractivity contribution in [1.82, 2.24) is 4.83 Å². The quantitative estimate of drug-likeness (QED) is 0.930. The second-order valence-corrected chi connectivity index (χ2v) is 6.10. The summed E-state index contributed by atoms with van der Waals surface area (Å²) < 4.78 is 24.5. The molecule has 1 N–H and O–H groups in total. The standard InChI is InChI=1S/C14H14N2O2S/c17-19(18,13-7-2-1-3-8-13)15-16-11-10-12-6-4-5-9-14(12)16/h1-9,15H,10-11H2. The fourth-order valence-corrected chi connectivity index (χ4v) is 3.33. The maximum atomic E-state index is 12.2. The van der Waals surface area contributed by atoms with E-state index >= 15 is 0 Å². The molecular weight excluding hydrogens is 260 g/mol. The van der Waals surface area contributed by atoms with Crippen molar-refractivity contribution in [2.45, 2.75) is 11.3 Å². The molecule has 98 valence electrons. The summed E-state index contributed by atoms with van der Waals surface area (Å²) in [5.41, 5.74) is 2.10. The molecule has 0 aromatic heterocycles. The van der Waals surface area contributed by atoms with Gasteiger partial charge in [-0.3, -0.25) is 5.01 Å². The van der Waals surface area contributed by atoms with Crippen LogP contribution in [0, 0.1) is 0 Å². The van der Waals surface area contributed by atoms with E-state index in [2.05, 4.69) is 4.83 Å². The fourth-order valence-electron chi connectivity index (χ4n) is 2.23. The van der Waals surface area contributed by atoms with Crippen LogP contribution in [0.25, 0.3) is 0 Å². The Balaban J connectivity index is 1.88. The summed E-state index contributed by atoms with van der Waals surface area (Å²) in [6.07, 6.45) is 0.855. The van der Waals surface area contributed by atoms with Gasteiger partial charge in [0.05, 0.1) is 10.6 Å². The van der Waals surface area contributed by atoms with Gasteiger partial charge in [-0.05, 0) is 30.2 Å². The van der Waals surface area contributed by atoms with Crippen LogP contribution in [-0.4, -0.2) is 15.0 Å². The minimum atomic E-state index is -3.51. The smallest absolute Gasteiger partial charge is 0.257 e. The molecule has 0 aliphatic carbocycles. The van der Waals surface area contributed by atoms with Crippen LogP contribution >= 0.6 is 0 Å². The Morgan fingerprint density at radius 1 is 0.947 bits per heavy atom. The third kappa shape index (κ3) is 2.34. The molecule has 5 heteroatoms. The zero-order valence-electron chi connectivity index (χ0n) is 10.3. The zero-order valence-corrected chi connectivity index (χ0v) is 11.1. The van der Waals surface area contributed by atoms with Gasteiger partial charge in [0.2, 0.25) is 0 Å². The first-order valence-electron chi connectivity index (χ1n) is 6.10. The molecule has 4 nitrogen and oxygen atoms in total. The Bertz CT molecular complexity index is 684. The molecule has 1 heterocycles. The first-order chi connectivity index (χ1) is 9.17. The summed E-state index contributed by atoms with van der Waals surface area (Å²) in [5.74, 6) is 0. The van der Waals surface area contributed by atoms with Crippen LogP contribution in [0.1, 0.15) is 5.56 Å². The number of nitrogens with zero attached hydrogens (tertiary/aromatic N) is 1. The molecule has 19 heavy (non-hydrogen) atoms. The van der Waals surface area contributed by atoms with Crippen molar-refractivity contribution in [3.05, 3.63) is 60.2 Å². The van der Waals surface area contributed by atoms with Gasteiger partial charge in [0, 0.05) is 6.54 Å². The third-order valence-corrected chi connectivity index (χ3v) is 4.52. The van der Waals surface area contributed by atoms with Gasteiger partial charge in [-0.25, -0.2) is 8.42 Å². The number of sulfonamides is 1. The van der Waals surface area contributed by atoms with E-state index in [9.17, 15) is 8.42 Å². The molecule has 0 amide bonds. The highest BCUT2D eigenvalue weighted by molar-refractivity contribution is 7.89. The Morgan fingerprint density at radius 2 is 1.63 bits per heavy atom. The maximum absolute atomic E-state index is 12.2. The molecule has 0 unspecified atom stereocenters. The van der Waals surface area contributed by atoms with Crippen LogP contribution < -0.4 is 9.84 Å². The molecule has 0 saturated carbocycles. The molecule has 0 atom stereocenters. The molecule has 1 aliphatic heterocycles. The van der Waals surface area contributed by atoms with E-state index in [0.717, 1.165) is 12.1 Å². The van der Waals surface area contributed by atoms with E-state index in [1.807, 2.05) is 24.3 Å². The van der Waals surface area contributed by atoms with E-state index in [0.29, 0.717) is 6.54 Å². The Morgan fingerprint density at radius 3 is 2.42 bits per heavy atom. The van der Waals surface area contributed by atoms with Crippen molar-refractivity contribution in [2.75, 3.05) is 11.6 Å². The lowest BCUT2D eigenvalue weighted by Crippen LogP contribution is -2.41. The van der Waals surface area contributed by atoms with Gasteiger partial charge in [0.25, 0.3) is 10.0 Å². The predicted molar refractivity (Wildman–Crippen MR) is 74.3 cm³/mol. The topological polar surface area (TPSA) is 49.4 Å². The lowest BCUT2D eigenvalue weighted by molar-refractivity contribution is 0.577. The van der Waals surface area contributed by atoms with E-state index in [1.165, 1.54) is 5.56 Å². The molecule has 0 radical (unpaired) electrons. The Hall–Kier alpha value is -1.85. The van der Waals surface area contributed by atoms with Gasteiger partial charge in [0.15, 0.2) is 0 Å². The number of anilines is 1. The highest BCUT2D eigenvalue weighted by Crippen LogP contribution is 2.26. The molecular formula is C14H14N2O2S. The summed E-state index contributed by atoms with van der Waals surface area (Å²) in [4.78, 5) is 2.91. The first kappa shape index (κ1) is 12.2. The zero-order chi connectivity index (χ0) is 13.3. The molecule has 2 aromatic rings. The molecule has 0 fully saturated rings. The molecule has 2 aromatic carbocycles. The molecule has 0 bridgehead atoms. The maximum Gasteiger partial charge on any atom is 0.257 e. The average Bonchev–Trinajstić information content (AvgIpc) is 2.83. The lowest BCUT2D eigenvalue weighted by atomic mass is 10.2. The number of fused-ring (bicyclic) bond motifs is 1. The van der Waals surface area contributed by atoms with Gasteiger partial charge >= 0.3 is 0 Å². The van der Waals surface area contributed by atoms with Gasteiger partial charge in [-0.15, -0.1) is 4.83 Å². The normalized spacial score (nSPS) is 14.4. The Labute approximate surface area is 112 Å². The van der Waals surface area contributed by atoms with Crippen LogP contribution in [-0.2, 0) is 16.4 Å². The fraction of sp³-hybridized carbons (Fsp3) is 0.143. The summed E-state index contributed by atoms with van der Waals surface area (Å²) >= 11 is 0. The van der Waals surface area contributed by atoms with Crippen LogP contribution in [0.5, 0.6) is 0 Å². The number of benzene rings is 2. The van der Waals surface area contributed by atoms with E-state index in [4.69, 9.17) is 0 Å². The second kappa shape index (κ2) is 4.68. The van der Waals surface area contributed by atoms with E-state index in [1.54, 1.807) is 35.3 Å².